The van der Waals surface area contributed by atoms with E-state index in [1.54, 1.807) is 12.3 Å². The normalized spacial score (nSPS) is 15.2. The second kappa shape index (κ2) is 10.9. The van der Waals surface area contributed by atoms with Crippen molar-refractivity contribution in [2.24, 2.45) is 0 Å². The lowest BCUT2D eigenvalue weighted by molar-refractivity contribution is -0.114. The summed E-state index contributed by atoms with van der Waals surface area (Å²) in [5.41, 5.74) is 1.62. The molecule has 0 aliphatic heterocycles. The van der Waals surface area contributed by atoms with Gasteiger partial charge in [-0.05, 0) is 45.8 Å². The molecular formula is C21H30ClN5O3S2. The Hall–Kier alpha value is -1.75. The lowest BCUT2D eigenvalue weighted by atomic mass is 9.94. The minimum absolute atomic E-state index is 0.0108. The molecule has 1 amide bonds. The second-order valence-corrected chi connectivity index (χ2v) is 11.4. The molecule has 0 aromatic carbocycles. The summed E-state index contributed by atoms with van der Waals surface area (Å²) in [6, 6.07) is 2.21. The Bertz CT molecular complexity index is 1050. The third kappa shape index (κ3) is 6.87. The first-order valence-corrected chi connectivity index (χ1v) is 13.6. The van der Waals surface area contributed by atoms with E-state index in [9.17, 15) is 13.2 Å². The summed E-state index contributed by atoms with van der Waals surface area (Å²) in [5, 5.41) is 3.22. The molecule has 0 atom stereocenters. The first-order valence-electron chi connectivity index (χ1n) is 10.8. The van der Waals surface area contributed by atoms with E-state index < -0.39 is 10.0 Å². The van der Waals surface area contributed by atoms with E-state index in [1.165, 1.54) is 50.4 Å². The van der Waals surface area contributed by atoms with Crippen LogP contribution in [0.15, 0.2) is 12.3 Å². The Morgan fingerprint density at radius 1 is 1.31 bits per heavy atom. The predicted molar refractivity (Wildman–Crippen MR) is 131 cm³/mol. The van der Waals surface area contributed by atoms with Crippen LogP contribution in [0, 0.1) is 6.92 Å². The van der Waals surface area contributed by atoms with Crippen LogP contribution >= 0.6 is 22.9 Å². The molecule has 0 radical (unpaired) electrons. The van der Waals surface area contributed by atoms with Gasteiger partial charge in [-0.2, -0.15) is 0 Å². The lowest BCUT2D eigenvalue weighted by Crippen LogP contribution is -2.35. The number of carbonyl (C=O) groups is 1. The van der Waals surface area contributed by atoms with E-state index in [4.69, 9.17) is 11.6 Å². The van der Waals surface area contributed by atoms with Gasteiger partial charge < -0.3 is 10.2 Å². The molecule has 176 valence electrons. The van der Waals surface area contributed by atoms with Crippen molar-refractivity contribution in [3.63, 3.8) is 0 Å². The molecule has 11 heteroatoms. The minimum atomic E-state index is -3.57. The summed E-state index contributed by atoms with van der Waals surface area (Å²) in [6.07, 6.45) is 8.29. The largest absolute Gasteiger partial charge is 0.303 e. The molecule has 1 aliphatic carbocycles. The highest BCUT2D eigenvalue weighted by atomic mass is 35.5. The number of halogens is 1. The van der Waals surface area contributed by atoms with Crippen LogP contribution in [0.4, 0.5) is 10.8 Å². The summed E-state index contributed by atoms with van der Waals surface area (Å²) >= 11 is 7.47. The van der Waals surface area contributed by atoms with E-state index in [1.807, 2.05) is 6.92 Å². The van der Waals surface area contributed by atoms with E-state index >= 15 is 0 Å². The Morgan fingerprint density at radius 3 is 2.72 bits per heavy atom. The number of sulfonamides is 1. The SMILES string of the molecule is CC(=O)Nc1nc(C)c(-c2cnc(Cl)c(NS(=O)(=O)CCCN(C)C3CCCCC3)c2)s1. The highest BCUT2D eigenvalue weighted by molar-refractivity contribution is 7.92. The van der Waals surface area contributed by atoms with Crippen molar-refractivity contribution in [2.45, 2.75) is 58.4 Å². The van der Waals surface area contributed by atoms with Gasteiger partial charge in [0.05, 0.1) is 22.0 Å². The maximum Gasteiger partial charge on any atom is 0.232 e. The Morgan fingerprint density at radius 2 is 2.03 bits per heavy atom. The summed E-state index contributed by atoms with van der Waals surface area (Å²) < 4.78 is 27.9. The fourth-order valence-corrected chi connectivity index (χ4v) is 6.24. The van der Waals surface area contributed by atoms with E-state index in [2.05, 4.69) is 32.0 Å². The van der Waals surface area contributed by atoms with Gasteiger partial charge in [-0.3, -0.25) is 9.52 Å². The summed E-state index contributed by atoms with van der Waals surface area (Å²) in [7, 11) is -1.50. The molecule has 1 aliphatic rings. The highest BCUT2D eigenvalue weighted by Crippen LogP contribution is 2.35. The van der Waals surface area contributed by atoms with E-state index in [-0.39, 0.29) is 22.5 Å². The number of rotatable bonds is 9. The van der Waals surface area contributed by atoms with Gasteiger partial charge in [0.1, 0.15) is 0 Å². The van der Waals surface area contributed by atoms with Crippen LogP contribution in [0.3, 0.4) is 0 Å². The fourth-order valence-electron chi connectivity index (χ4n) is 3.94. The molecule has 2 N–H and O–H groups in total. The quantitative estimate of drug-likeness (QED) is 0.491. The molecule has 1 fully saturated rings. The number of carbonyl (C=O) groups excluding carboxylic acids is 1. The highest BCUT2D eigenvalue weighted by Gasteiger charge is 2.20. The van der Waals surface area contributed by atoms with Crippen molar-refractivity contribution in [1.29, 1.82) is 0 Å². The van der Waals surface area contributed by atoms with Gasteiger partial charge in [-0.15, -0.1) is 0 Å². The fraction of sp³-hybridized carbons (Fsp3) is 0.571. The monoisotopic (exact) mass is 499 g/mol. The van der Waals surface area contributed by atoms with E-state index in [0.29, 0.717) is 28.9 Å². The third-order valence-electron chi connectivity index (χ3n) is 5.57. The minimum Gasteiger partial charge on any atom is -0.303 e. The van der Waals surface area contributed by atoms with Crippen LogP contribution in [0.1, 0.15) is 51.1 Å². The molecule has 2 aromatic rings. The number of aryl methyl sites for hydroxylation is 1. The smallest absolute Gasteiger partial charge is 0.232 e. The standard InChI is InChI=1S/C21H30ClN5O3S2/c1-14-19(31-21(24-14)25-15(2)28)16-12-18(20(22)23-13-16)26-32(29,30)11-7-10-27(3)17-8-5-4-6-9-17/h12-13,17,26H,4-11H2,1-3H3,(H,24,25,28). The molecule has 32 heavy (non-hydrogen) atoms. The number of aromatic nitrogens is 2. The van der Waals surface area contributed by atoms with Crippen molar-refractivity contribution < 1.29 is 13.2 Å². The predicted octanol–water partition coefficient (Wildman–Crippen LogP) is 4.52. The summed E-state index contributed by atoms with van der Waals surface area (Å²) in [6.45, 7) is 3.97. The molecule has 0 unspecified atom stereocenters. The molecule has 3 rings (SSSR count). The van der Waals surface area contributed by atoms with Gasteiger partial charge in [-0.1, -0.05) is 42.2 Å². The van der Waals surface area contributed by atoms with Gasteiger partial charge in [-0.25, -0.2) is 18.4 Å². The van der Waals surface area contributed by atoms with Crippen molar-refractivity contribution >= 4 is 49.7 Å². The average molecular weight is 500 g/mol. The van der Waals surface area contributed by atoms with Crippen LogP contribution in [-0.4, -0.2) is 54.6 Å². The van der Waals surface area contributed by atoms with Crippen LogP contribution < -0.4 is 10.0 Å². The zero-order valence-electron chi connectivity index (χ0n) is 18.6. The van der Waals surface area contributed by atoms with Gasteiger partial charge >= 0.3 is 0 Å². The van der Waals surface area contributed by atoms with Gasteiger partial charge in [0.15, 0.2) is 10.3 Å². The van der Waals surface area contributed by atoms with Crippen molar-refractivity contribution in [3.05, 3.63) is 23.1 Å². The maximum absolute atomic E-state index is 12.7. The lowest BCUT2D eigenvalue weighted by Gasteiger charge is -2.31. The molecular weight excluding hydrogens is 470 g/mol. The molecule has 0 bridgehead atoms. The summed E-state index contributed by atoms with van der Waals surface area (Å²) in [5.74, 6) is -0.196. The van der Waals surface area contributed by atoms with Gasteiger partial charge in [0, 0.05) is 24.7 Å². The third-order valence-corrected chi connectivity index (χ3v) is 8.35. The zero-order valence-corrected chi connectivity index (χ0v) is 21.0. The number of hydrogen-bond acceptors (Lipinski definition) is 7. The average Bonchev–Trinajstić information content (AvgIpc) is 3.09. The number of nitrogens with zero attached hydrogens (tertiary/aromatic N) is 3. The molecule has 0 saturated heterocycles. The van der Waals surface area contributed by atoms with Gasteiger partial charge in [0.2, 0.25) is 15.9 Å². The zero-order chi connectivity index (χ0) is 23.3. The number of amides is 1. The van der Waals surface area contributed by atoms with Crippen LogP contribution in [0.2, 0.25) is 5.15 Å². The van der Waals surface area contributed by atoms with Crippen LogP contribution in [0.5, 0.6) is 0 Å². The van der Waals surface area contributed by atoms with Crippen LogP contribution in [0.25, 0.3) is 10.4 Å². The van der Waals surface area contributed by atoms with Gasteiger partial charge in [0.25, 0.3) is 0 Å². The number of pyridine rings is 1. The van der Waals surface area contributed by atoms with Crippen molar-refractivity contribution in [3.8, 4) is 10.4 Å². The first kappa shape index (κ1) is 24.9. The topological polar surface area (TPSA) is 104 Å². The second-order valence-electron chi connectivity index (χ2n) is 8.22. The van der Waals surface area contributed by atoms with E-state index in [0.717, 1.165) is 11.4 Å². The maximum atomic E-state index is 12.7. The Balaban J connectivity index is 1.65. The van der Waals surface area contributed by atoms with Crippen LogP contribution in [-0.2, 0) is 14.8 Å². The van der Waals surface area contributed by atoms with Crippen molar-refractivity contribution in [1.82, 2.24) is 14.9 Å². The molecule has 2 aromatic heterocycles. The van der Waals surface area contributed by atoms with Crippen molar-refractivity contribution in [2.75, 3.05) is 29.4 Å². The number of hydrogen-bond donors (Lipinski definition) is 2. The first-order chi connectivity index (χ1) is 15.1. The number of anilines is 2. The Labute approximate surface area is 198 Å². The molecule has 2 heterocycles. The number of thiazole rings is 1. The Kier molecular flexibility index (Phi) is 8.49. The number of nitrogens with one attached hydrogen (secondary N) is 2. The molecule has 0 spiro atoms. The molecule has 8 nitrogen and oxygen atoms in total. The summed E-state index contributed by atoms with van der Waals surface area (Å²) in [4.78, 5) is 22.8. The molecule has 1 saturated carbocycles.